The fraction of sp³-hybridized carbons (Fsp3) is 0.0476. The van der Waals surface area contributed by atoms with Crippen LogP contribution in [0.4, 0.5) is 15.8 Å². The van der Waals surface area contributed by atoms with Gasteiger partial charge in [-0.1, -0.05) is 35.3 Å². The van der Waals surface area contributed by atoms with E-state index < -0.39 is 5.82 Å². The van der Waals surface area contributed by atoms with E-state index in [1.807, 2.05) is 6.07 Å². The summed E-state index contributed by atoms with van der Waals surface area (Å²) in [5.41, 5.74) is 1.48. The van der Waals surface area contributed by atoms with Gasteiger partial charge in [0.05, 0.1) is 10.8 Å². The van der Waals surface area contributed by atoms with Gasteiger partial charge in [-0.25, -0.2) is 4.39 Å². The highest BCUT2D eigenvalue weighted by Gasteiger charge is 2.09. The summed E-state index contributed by atoms with van der Waals surface area (Å²) >= 11 is 12.9. The normalized spacial score (nSPS) is 10.4. The Balaban J connectivity index is 1.57. The fourth-order valence-electron chi connectivity index (χ4n) is 2.42. The lowest BCUT2D eigenvalue weighted by Crippen LogP contribution is -2.14. The second-order valence-corrected chi connectivity index (χ2v) is 7.85. The minimum absolute atomic E-state index is 0.0569. The molecule has 0 aliphatic carbocycles. The van der Waals surface area contributed by atoms with Crippen LogP contribution < -0.4 is 10.6 Å². The highest BCUT2D eigenvalue weighted by molar-refractivity contribution is 8.00. The number of nitrogens with one attached hydrogen (secondary N) is 2. The van der Waals surface area contributed by atoms with E-state index >= 15 is 0 Å². The number of rotatable bonds is 6. The van der Waals surface area contributed by atoms with Crippen molar-refractivity contribution in [3.63, 3.8) is 0 Å². The minimum atomic E-state index is -0.546. The molecule has 0 aromatic heterocycles. The summed E-state index contributed by atoms with van der Waals surface area (Å²) < 4.78 is 13.2. The molecule has 0 saturated heterocycles. The largest absolute Gasteiger partial charge is 0.325 e. The van der Waals surface area contributed by atoms with E-state index in [4.69, 9.17) is 23.2 Å². The standard InChI is InChI=1S/C21H15Cl2FN2O2S/c22-14-4-1-3-13(9-14)21(28)26-15-5-2-6-17(10-15)29-12-20(27)25-16-7-8-19(24)18(23)11-16/h1-11H,12H2,(H,25,27)(H,26,28). The smallest absolute Gasteiger partial charge is 0.255 e. The van der Waals surface area contributed by atoms with Crippen LogP contribution in [0.2, 0.25) is 10.0 Å². The summed E-state index contributed by atoms with van der Waals surface area (Å²) in [7, 11) is 0. The summed E-state index contributed by atoms with van der Waals surface area (Å²) in [6.45, 7) is 0. The van der Waals surface area contributed by atoms with Crippen molar-refractivity contribution in [2.45, 2.75) is 4.90 Å². The van der Waals surface area contributed by atoms with Crippen LogP contribution in [0.3, 0.4) is 0 Å². The molecule has 0 unspecified atom stereocenters. The van der Waals surface area contributed by atoms with Crippen LogP contribution >= 0.6 is 35.0 Å². The molecule has 29 heavy (non-hydrogen) atoms. The summed E-state index contributed by atoms with van der Waals surface area (Å²) in [6, 6.07) is 17.8. The Morgan fingerprint density at radius 2 is 1.66 bits per heavy atom. The number of benzene rings is 3. The van der Waals surface area contributed by atoms with E-state index in [0.717, 1.165) is 4.90 Å². The van der Waals surface area contributed by atoms with Crippen LogP contribution in [0.5, 0.6) is 0 Å². The van der Waals surface area contributed by atoms with Crippen molar-refractivity contribution in [1.29, 1.82) is 0 Å². The maximum absolute atomic E-state index is 13.2. The quantitative estimate of drug-likeness (QED) is 0.446. The number of thioether (sulfide) groups is 1. The third-order valence-electron chi connectivity index (χ3n) is 3.75. The van der Waals surface area contributed by atoms with Gasteiger partial charge in [0.25, 0.3) is 5.91 Å². The molecule has 0 heterocycles. The van der Waals surface area contributed by atoms with Gasteiger partial charge in [-0.3, -0.25) is 9.59 Å². The lowest BCUT2D eigenvalue weighted by molar-refractivity contribution is -0.113. The first kappa shape index (κ1) is 21.2. The molecule has 3 aromatic rings. The molecule has 2 amide bonds. The van der Waals surface area contributed by atoms with Gasteiger partial charge in [0.1, 0.15) is 5.82 Å². The van der Waals surface area contributed by atoms with Gasteiger partial charge in [-0.15, -0.1) is 11.8 Å². The van der Waals surface area contributed by atoms with Crippen molar-refractivity contribution >= 4 is 58.2 Å². The number of amides is 2. The Morgan fingerprint density at radius 3 is 2.41 bits per heavy atom. The Labute approximate surface area is 181 Å². The highest BCUT2D eigenvalue weighted by Crippen LogP contribution is 2.24. The van der Waals surface area contributed by atoms with Crippen LogP contribution in [0, 0.1) is 5.82 Å². The monoisotopic (exact) mass is 448 g/mol. The van der Waals surface area contributed by atoms with Crippen LogP contribution in [0.15, 0.2) is 71.6 Å². The van der Waals surface area contributed by atoms with Crippen molar-refractivity contribution in [2.75, 3.05) is 16.4 Å². The molecule has 8 heteroatoms. The third kappa shape index (κ3) is 6.22. The Bertz CT molecular complexity index is 1060. The van der Waals surface area contributed by atoms with Crippen molar-refractivity contribution in [3.8, 4) is 0 Å². The average molecular weight is 449 g/mol. The molecule has 4 nitrogen and oxygen atoms in total. The molecular formula is C21H15Cl2FN2O2S. The van der Waals surface area contributed by atoms with Crippen LogP contribution in [0.1, 0.15) is 10.4 Å². The molecule has 0 radical (unpaired) electrons. The zero-order valence-electron chi connectivity index (χ0n) is 14.9. The molecular weight excluding hydrogens is 434 g/mol. The number of carbonyl (C=O) groups excluding carboxylic acids is 2. The molecule has 2 N–H and O–H groups in total. The zero-order chi connectivity index (χ0) is 20.8. The van der Waals surface area contributed by atoms with E-state index in [1.54, 1.807) is 42.5 Å². The summed E-state index contributed by atoms with van der Waals surface area (Å²) in [6.07, 6.45) is 0. The molecule has 0 aliphatic heterocycles. The first-order valence-corrected chi connectivity index (χ1v) is 10.2. The fourth-order valence-corrected chi connectivity index (χ4v) is 3.54. The Morgan fingerprint density at radius 1 is 0.897 bits per heavy atom. The molecule has 0 aliphatic rings. The van der Waals surface area contributed by atoms with Gasteiger partial charge >= 0.3 is 0 Å². The third-order valence-corrected chi connectivity index (χ3v) is 5.27. The summed E-state index contributed by atoms with van der Waals surface area (Å²) in [5, 5.41) is 5.89. The van der Waals surface area contributed by atoms with Gasteiger partial charge < -0.3 is 10.6 Å². The van der Waals surface area contributed by atoms with Crippen LogP contribution in [0.25, 0.3) is 0 Å². The van der Waals surface area contributed by atoms with Crippen LogP contribution in [-0.4, -0.2) is 17.6 Å². The Hall–Kier alpha value is -2.54. The first-order chi connectivity index (χ1) is 13.9. The number of carbonyl (C=O) groups is 2. The predicted molar refractivity (Wildman–Crippen MR) is 117 cm³/mol. The zero-order valence-corrected chi connectivity index (χ0v) is 17.2. The second kappa shape index (κ2) is 9.78. The molecule has 0 atom stereocenters. The lowest BCUT2D eigenvalue weighted by atomic mass is 10.2. The van der Waals surface area contributed by atoms with Gasteiger partial charge in [-0.05, 0) is 54.6 Å². The summed E-state index contributed by atoms with van der Waals surface area (Å²) in [4.78, 5) is 25.2. The topological polar surface area (TPSA) is 58.2 Å². The van der Waals surface area contributed by atoms with Crippen molar-refractivity contribution in [1.82, 2.24) is 0 Å². The molecule has 0 saturated carbocycles. The number of hydrogen-bond donors (Lipinski definition) is 2. The van der Waals surface area contributed by atoms with Crippen molar-refractivity contribution in [2.24, 2.45) is 0 Å². The van der Waals surface area contributed by atoms with E-state index in [2.05, 4.69) is 10.6 Å². The van der Waals surface area contributed by atoms with Gasteiger partial charge in [0, 0.05) is 26.9 Å². The summed E-state index contributed by atoms with van der Waals surface area (Å²) in [5.74, 6) is -0.942. The number of halogens is 3. The molecule has 3 aromatic carbocycles. The van der Waals surface area contributed by atoms with Gasteiger partial charge in [0.15, 0.2) is 0 Å². The highest BCUT2D eigenvalue weighted by atomic mass is 35.5. The lowest BCUT2D eigenvalue weighted by Gasteiger charge is -2.09. The van der Waals surface area contributed by atoms with Crippen LogP contribution in [-0.2, 0) is 4.79 Å². The number of anilines is 2. The van der Waals surface area contributed by atoms with E-state index in [1.165, 1.54) is 30.0 Å². The Kier molecular flexibility index (Phi) is 7.14. The van der Waals surface area contributed by atoms with E-state index in [0.29, 0.717) is 22.0 Å². The molecule has 0 spiro atoms. The SMILES string of the molecule is O=C(CSc1cccc(NC(=O)c2cccc(Cl)c2)c1)Nc1ccc(F)c(Cl)c1. The molecule has 0 fully saturated rings. The maximum atomic E-state index is 13.2. The first-order valence-electron chi connectivity index (χ1n) is 8.45. The van der Waals surface area contributed by atoms with Crippen molar-refractivity contribution < 1.29 is 14.0 Å². The number of hydrogen-bond acceptors (Lipinski definition) is 3. The minimum Gasteiger partial charge on any atom is -0.325 e. The predicted octanol–water partition coefficient (Wildman–Crippen LogP) is 6.12. The average Bonchev–Trinajstić information content (AvgIpc) is 2.69. The molecule has 148 valence electrons. The molecule has 0 bridgehead atoms. The maximum Gasteiger partial charge on any atom is 0.255 e. The second-order valence-electron chi connectivity index (χ2n) is 5.96. The van der Waals surface area contributed by atoms with Gasteiger partial charge in [-0.2, -0.15) is 0 Å². The van der Waals surface area contributed by atoms with E-state index in [-0.39, 0.29) is 22.6 Å². The van der Waals surface area contributed by atoms with Gasteiger partial charge in [0.2, 0.25) is 5.91 Å². The molecule has 3 rings (SSSR count). The van der Waals surface area contributed by atoms with Crippen molar-refractivity contribution in [3.05, 3.63) is 88.2 Å². The van der Waals surface area contributed by atoms with E-state index in [9.17, 15) is 14.0 Å².